The normalized spacial score (nSPS) is 19.6. The van der Waals surface area contributed by atoms with Gasteiger partial charge in [-0.2, -0.15) is 0 Å². The highest BCUT2D eigenvalue weighted by atomic mass is 35.5. The van der Waals surface area contributed by atoms with E-state index in [9.17, 15) is 0 Å². The van der Waals surface area contributed by atoms with E-state index in [2.05, 4.69) is 32.0 Å². The summed E-state index contributed by atoms with van der Waals surface area (Å²) in [6, 6.07) is 14.2. The van der Waals surface area contributed by atoms with E-state index in [0.29, 0.717) is 18.2 Å². The van der Waals surface area contributed by atoms with Crippen LogP contribution in [-0.2, 0) is 9.47 Å². The Morgan fingerprint density at radius 2 is 1.28 bits per heavy atom. The molecular weight excluding hydrogens is 388 g/mol. The summed E-state index contributed by atoms with van der Waals surface area (Å²) in [4.78, 5) is 0. The van der Waals surface area contributed by atoms with Gasteiger partial charge in [0.2, 0.25) is 0 Å². The first kappa shape index (κ1) is 19.0. The highest BCUT2D eigenvalue weighted by Gasteiger charge is 2.36. The van der Waals surface area contributed by atoms with Crippen LogP contribution in [0.3, 0.4) is 0 Å². The minimum absolute atomic E-state index is 0.0443. The average Bonchev–Trinajstić information content (AvgIpc) is 2.68. The van der Waals surface area contributed by atoms with E-state index >= 15 is 0 Å². The first-order chi connectivity index (χ1) is 14.0. The zero-order valence-corrected chi connectivity index (χ0v) is 17.6. The molecule has 0 amide bonds. The molecule has 5 heteroatoms. The van der Waals surface area contributed by atoms with Gasteiger partial charge in [-0.3, -0.25) is 0 Å². The second kappa shape index (κ2) is 7.05. The van der Waals surface area contributed by atoms with E-state index in [1.807, 2.05) is 24.3 Å². The van der Waals surface area contributed by atoms with E-state index in [1.54, 1.807) is 0 Å². The van der Waals surface area contributed by atoms with E-state index in [-0.39, 0.29) is 10.8 Å². The van der Waals surface area contributed by atoms with E-state index in [0.717, 1.165) is 59.5 Å². The predicted octanol–water partition coefficient (Wildman–Crippen LogP) is 5.48. The Hall–Kier alpha value is -2.01. The highest BCUT2D eigenvalue weighted by molar-refractivity contribution is 6.37. The molecule has 2 saturated heterocycles. The largest absolute Gasteiger partial charge is 0.492 e. The molecule has 0 aliphatic carbocycles. The monoisotopic (exact) mass is 412 g/mol. The number of rotatable bonds is 6. The second-order valence-electron chi connectivity index (χ2n) is 9.05. The van der Waals surface area contributed by atoms with E-state index < -0.39 is 0 Å². The molecule has 29 heavy (non-hydrogen) atoms. The van der Waals surface area contributed by atoms with Gasteiger partial charge in [0.05, 0.1) is 44.7 Å². The molecule has 2 fully saturated rings. The summed E-state index contributed by atoms with van der Waals surface area (Å²) in [6.07, 6.45) is 0. The van der Waals surface area contributed by atoms with Crippen LogP contribution in [0.15, 0.2) is 42.5 Å². The predicted molar refractivity (Wildman–Crippen MR) is 115 cm³/mol. The topological polar surface area (TPSA) is 36.9 Å². The third-order valence-corrected chi connectivity index (χ3v) is 6.15. The molecule has 3 aromatic carbocycles. The number of benzene rings is 3. The Morgan fingerprint density at radius 1 is 0.759 bits per heavy atom. The molecule has 3 aromatic rings. The van der Waals surface area contributed by atoms with Crippen molar-refractivity contribution in [2.24, 2.45) is 10.8 Å². The Balaban J connectivity index is 1.64. The van der Waals surface area contributed by atoms with Crippen molar-refractivity contribution in [3.05, 3.63) is 47.5 Å². The fourth-order valence-corrected chi connectivity index (χ4v) is 4.23. The van der Waals surface area contributed by atoms with Gasteiger partial charge in [-0.25, -0.2) is 0 Å². The summed E-state index contributed by atoms with van der Waals surface area (Å²) in [5.41, 5.74) is 0.0999. The molecule has 0 bridgehead atoms. The maximum absolute atomic E-state index is 6.68. The van der Waals surface area contributed by atoms with Gasteiger partial charge in [-0.05, 0) is 6.07 Å². The maximum atomic E-state index is 6.68. The fourth-order valence-electron chi connectivity index (χ4n) is 3.97. The van der Waals surface area contributed by atoms with Crippen molar-refractivity contribution in [2.45, 2.75) is 13.8 Å². The van der Waals surface area contributed by atoms with Crippen LogP contribution in [0.2, 0.25) is 5.02 Å². The van der Waals surface area contributed by atoms with E-state index in [1.165, 1.54) is 0 Å². The lowest BCUT2D eigenvalue weighted by Crippen LogP contribution is -2.44. The zero-order valence-electron chi connectivity index (χ0n) is 16.8. The average molecular weight is 413 g/mol. The summed E-state index contributed by atoms with van der Waals surface area (Å²) in [6.45, 7) is 8.46. The molecule has 0 spiro atoms. The number of hydrogen-bond donors (Lipinski definition) is 0. The Morgan fingerprint density at radius 3 is 1.83 bits per heavy atom. The van der Waals surface area contributed by atoms with Crippen molar-refractivity contribution in [2.75, 3.05) is 39.6 Å². The molecule has 0 N–H and O–H groups in total. The molecule has 4 nitrogen and oxygen atoms in total. The van der Waals surface area contributed by atoms with Crippen LogP contribution < -0.4 is 9.47 Å². The summed E-state index contributed by atoms with van der Waals surface area (Å²) < 4.78 is 23.6. The molecule has 0 aromatic heterocycles. The second-order valence-corrected chi connectivity index (χ2v) is 9.46. The summed E-state index contributed by atoms with van der Waals surface area (Å²) in [5.74, 6) is 1.68. The van der Waals surface area contributed by atoms with Crippen LogP contribution in [-0.4, -0.2) is 39.6 Å². The number of hydrogen-bond acceptors (Lipinski definition) is 4. The van der Waals surface area contributed by atoms with Gasteiger partial charge >= 0.3 is 0 Å². The standard InChI is InChI=1S/C24H25ClO4/c1-23(10-26-11-23)14-28-21-16-6-3-4-7-17(16)22(29-15-24(2)12-27-13-24)20-18(21)8-5-9-19(20)25/h3-9H,10-15H2,1-2H3. The fraction of sp³-hybridized carbons (Fsp3) is 0.417. The van der Waals surface area contributed by atoms with Crippen LogP contribution >= 0.6 is 11.6 Å². The molecular formula is C24H25ClO4. The maximum Gasteiger partial charge on any atom is 0.136 e. The van der Waals surface area contributed by atoms with Crippen LogP contribution in [0.4, 0.5) is 0 Å². The first-order valence-electron chi connectivity index (χ1n) is 10.0. The minimum Gasteiger partial charge on any atom is -0.492 e. The van der Waals surface area contributed by atoms with Crippen molar-refractivity contribution in [1.29, 1.82) is 0 Å². The van der Waals surface area contributed by atoms with Gasteiger partial charge in [0.1, 0.15) is 11.5 Å². The molecule has 2 aliphatic heterocycles. The van der Waals surface area contributed by atoms with Gasteiger partial charge in [-0.1, -0.05) is 61.8 Å². The summed E-state index contributed by atoms with van der Waals surface area (Å²) in [5, 5.41) is 4.60. The van der Waals surface area contributed by atoms with Crippen molar-refractivity contribution in [3.63, 3.8) is 0 Å². The van der Waals surface area contributed by atoms with E-state index in [4.69, 9.17) is 30.5 Å². The van der Waals surface area contributed by atoms with Gasteiger partial charge in [0, 0.05) is 32.4 Å². The van der Waals surface area contributed by atoms with Gasteiger partial charge in [0.15, 0.2) is 0 Å². The zero-order chi connectivity index (χ0) is 20.1. The lowest BCUT2D eigenvalue weighted by atomic mass is 9.89. The van der Waals surface area contributed by atoms with Crippen molar-refractivity contribution < 1.29 is 18.9 Å². The number of ether oxygens (including phenoxy) is 4. The first-order valence-corrected chi connectivity index (χ1v) is 10.4. The lowest BCUT2D eigenvalue weighted by Gasteiger charge is -2.38. The van der Waals surface area contributed by atoms with Crippen molar-refractivity contribution in [1.82, 2.24) is 0 Å². The minimum atomic E-state index is 0.0443. The van der Waals surface area contributed by atoms with Crippen molar-refractivity contribution >= 4 is 33.1 Å². The smallest absolute Gasteiger partial charge is 0.136 e. The molecule has 2 heterocycles. The Labute approximate surface area is 175 Å². The molecule has 152 valence electrons. The third-order valence-electron chi connectivity index (χ3n) is 5.83. The Kier molecular flexibility index (Phi) is 4.61. The molecule has 5 rings (SSSR count). The van der Waals surface area contributed by atoms with Gasteiger partial charge in [-0.15, -0.1) is 0 Å². The van der Waals surface area contributed by atoms with Gasteiger partial charge in [0.25, 0.3) is 0 Å². The molecule has 0 radical (unpaired) electrons. The summed E-state index contributed by atoms with van der Waals surface area (Å²) >= 11 is 6.68. The third kappa shape index (κ3) is 3.33. The quantitative estimate of drug-likeness (QED) is 0.502. The lowest BCUT2D eigenvalue weighted by molar-refractivity contribution is -0.120. The highest BCUT2D eigenvalue weighted by Crippen LogP contribution is 2.46. The van der Waals surface area contributed by atoms with Crippen LogP contribution in [0.5, 0.6) is 11.5 Å². The Bertz CT molecular complexity index is 1070. The van der Waals surface area contributed by atoms with Crippen LogP contribution in [0.1, 0.15) is 13.8 Å². The van der Waals surface area contributed by atoms with Crippen LogP contribution in [0.25, 0.3) is 21.5 Å². The van der Waals surface area contributed by atoms with Crippen molar-refractivity contribution in [3.8, 4) is 11.5 Å². The van der Waals surface area contributed by atoms with Gasteiger partial charge < -0.3 is 18.9 Å². The molecule has 0 saturated carbocycles. The molecule has 0 atom stereocenters. The number of halogens is 1. The van der Waals surface area contributed by atoms with Crippen LogP contribution in [0, 0.1) is 10.8 Å². The molecule has 0 unspecified atom stereocenters. The summed E-state index contributed by atoms with van der Waals surface area (Å²) in [7, 11) is 0. The number of fused-ring (bicyclic) bond motifs is 2. The SMILES string of the molecule is CC1(COc2c3ccccc3c(OCC3(C)COC3)c3c(Cl)cccc23)COC1. The molecule has 2 aliphatic rings.